The van der Waals surface area contributed by atoms with E-state index < -0.39 is 0 Å². The summed E-state index contributed by atoms with van der Waals surface area (Å²) in [5, 5.41) is 11.7. The summed E-state index contributed by atoms with van der Waals surface area (Å²) in [6.45, 7) is 2.83. The highest BCUT2D eigenvalue weighted by Gasteiger charge is 2.08. The van der Waals surface area contributed by atoms with Crippen LogP contribution in [0.4, 0.5) is 0 Å². The predicted octanol–water partition coefficient (Wildman–Crippen LogP) is 2.15. The molecule has 3 N–H and O–H groups in total. The van der Waals surface area contributed by atoms with Crippen LogP contribution in [-0.4, -0.2) is 22.6 Å². The van der Waals surface area contributed by atoms with Crippen molar-refractivity contribution in [3.8, 4) is 11.5 Å². The molecule has 6 heteroatoms. The lowest BCUT2D eigenvalue weighted by atomic mass is 10.2. The van der Waals surface area contributed by atoms with Crippen molar-refractivity contribution in [2.75, 3.05) is 6.61 Å². The number of oxime groups is 1. The Morgan fingerprint density at radius 3 is 2.48 bits per heavy atom. The molecule has 0 radical (unpaired) electrons. The highest BCUT2D eigenvalue weighted by atomic mass is 16.5. The molecule has 0 aliphatic heterocycles. The molecule has 0 atom stereocenters. The van der Waals surface area contributed by atoms with Gasteiger partial charge >= 0.3 is 0 Å². The molecule has 0 bridgehead atoms. The van der Waals surface area contributed by atoms with Gasteiger partial charge in [0.25, 0.3) is 0 Å². The van der Waals surface area contributed by atoms with Crippen LogP contribution in [0.1, 0.15) is 18.2 Å². The topological polar surface area (TPSA) is 90.0 Å². The molecule has 0 spiro atoms. The largest absolute Gasteiger partial charge is 0.494 e. The van der Waals surface area contributed by atoms with Gasteiger partial charge < -0.3 is 20.4 Å². The number of hydrogen-bond acceptors (Lipinski definition) is 5. The molecular formula is C15H17N3O3. The number of aromatic nitrogens is 1. The van der Waals surface area contributed by atoms with Crippen molar-refractivity contribution in [1.29, 1.82) is 0 Å². The van der Waals surface area contributed by atoms with Gasteiger partial charge in [0.15, 0.2) is 5.84 Å². The van der Waals surface area contributed by atoms with Crippen LogP contribution in [0.3, 0.4) is 0 Å². The van der Waals surface area contributed by atoms with Crippen molar-refractivity contribution in [2.45, 2.75) is 13.5 Å². The maximum Gasteiger partial charge on any atom is 0.189 e. The fraction of sp³-hybridized carbons (Fsp3) is 0.200. The van der Waals surface area contributed by atoms with Gasteiger partial charge in [-0.2, -0.15) is 0 Å². The van der Waals surface area contributed by atoms with Crippen molar-refractivity contribution in [3.05, 3.63) is 53.9 Å². The van der Waals surface area contributed by atoms with E-state index in [0.29, 0.717) is 18.1 Å². The quantitative estimate of drug-likeness (QED) is 0.368. The SMILES string of the molecule is CCOc1ccc(OCc2cccnc2C(N)=NO)cc1. The Bertz CT molecular complexity index is 612. The Balaban J connectivity index is 2.06. The molecule has 1 heterocycles. The summed E-state index contributed by atoms with van der Waals surface area (Å²) in [7, 11) is 0. The van der Waals surface area contributed by atoms with Crippen LogP contribution in [0, 0.1) is 0 Å². The number of amidine groups is 1. The molecule has 0 aliphatic rings. The number of nitrogens with two attached hydrogens (primary N) is 1. The minimum absolute atomic E-state index is 0.0408. The lowest BCUT2D eigenvalue weighted by Crippen LogP contribution is -2.18. The standard InChI is InChI=1S/C15H17N3O3/c1-2-20-12-5-7-13(8-6-12)21-10-11-4-3-9-17-14(11)15(16)18-19/h3-9,19H,2,10H2,1H3,(H2,16,18). The summed E-state index contributed by atoms with van der Waals surface area (Å²) in [6, 6.07) is 10.9. The number of hydrogen-bond donors (Lipinski definition) is 2. The monoisotopic (exact) mass is 287 g/mol. The van der Waals surface area contributed by atoms with Crippen LogP contribution in [0.5, 0.6) is 11.5 Å². The zero-order valence-electron chi connectivity index (χ0n) is 11.7. The Morgan fingerprint density at radius 2 is 1.86 bits per heavy atom. The first-order valence-electron chi connectivity index (χ1n) is 6.52. The van der Waals surface area contributed by atoms with Crippen LogP contribution in [0.2, 0.25) is 0 Å². The zero-order valence-corrected chi connectivity index (χ0v) is 11.7. The fourth-order valence-corrected chi connectivity index (χ4v) is 1.79. The summed E-state index contributed by atoms with van der Waals surface area (Å²) in [5.74, 6) is 1.46. The zero-order chi connectivity index (χ0) is 15.1. The van der Waals surface area contributed by atoms with Crippen molar-refractivity contribution in [3.63, 3.8) is 0 Å². The molecule has 110 valence electrons. The van der Waals surface area contributed by atoms with Crippen molar-refractivity contribution in [2.24, 2.45) is 10.9 Å². The summed E-state index contributed by atoms with van der Waals surface area (Å²) >= 11 is 0. The molecule has 0 saturated carbocycles. The van der Waals surface area contributed by atoms with Gasteiger partial charge in [0, 0.05) is 11.8 Å². The highest BCUT2D eigenvalue weighted by Crippen LogP contribution is 2.19. The minimum Gasteiger partial charge on any atom is -0.494 e. The first-order chi connectivity index (χ1) is 10.2. The maximum atomic E-state index is 8.75. The van der Waals surface area contributed by atoms with Gasteiger partial charge in [-0.3, -0.25) is 4.98 Å². The second-order valence-corrected chi connectivity index (χ2v) is 4.19. The van der Waals surface area contributed by atoms with E-state index in [4.69, 9.17) is 20.4 Å². The maximum absolute atomic E-state index is 8.75. The Kier molecular flexibility index (Phi) is 4.98. The lowest BCUT2D eigenvalue weighted by Gasteiger charge is -2.10. The Hall–Kier alpha value is -2.76. The van der Waals surface area contributed by atoms with Gasteiger partial charge in [0.1, 0.15) is 23.8 Å². The van der Waals surface area contributed by atoms with Crippen LogP contribution in [0.15, 0.2) is 47.8 Å². The van der Waals surface area contributed by atoms with Gasteiger partial charge in [-0.1, -0.05) is 11.2 Å². The fourth-order valence-electron chi connectivity index (χ4n) is 1.79. The van der Waals surface area contributed by atoms with Gasteiger partial charge in [0.05, 0.1) is 6.61 Å². The molecule has 0 fully saturated rings. The first-order valence-corrected chi connectivity index (χ1v) is 6.52. The number of pyridine rings is 1. The summed E-state index contributed by atoms with van der Waals surface area (Å²) in [5.41, 5.74) is 6.73. The number of benzene rings is 1. The average molecular weight is 287 g/mol. The molecule has 1 aromatic heterocycles. The molecule has 0 unspecified atom stereocenters. The first kappa shape index (κ1) is 14.6. The minimum atomic E-state index is -0.0408. The van der Waals surface area contributed by atoms with Crippen LogP contribution in [-0.2, 0) is 6.61 Å². The van der Waals surface area contributed by atoms with Crippen LogP contribution in [0.25, 0.3) is 0 Å². The van der Waals surface area contributed by atoms with E-state index in [0.717, 1.165) is 11.3 Å². The molecule has 2 aromatic rings. The predicted molar refractivity (Wildman–Crippen MR) is 78.7 cm³/mol. The summed E-state index contributed by atoms with van der Waals surface area (Å²) in [6.07, 6.45) is 1.58. The molecule has 6 nitrogen and oxygen atoms in total. The molecule has 0 aliphatic carbocycles. The third-order valence-electron chi connectivity index (χ3n) is 2.77. The molecule has 2 rings (SSSR count). The second kappa shape index (κ2) is 7.14. The lowest BCUT2D eigenvalue weighted by molar-refractivity contribution is 0.302. The Labute approximate surface area is 122 Å². The Morgan fingerprint density at radius 1 is 1.19 bits per heavy atom. The number of nitrogens with zero attached hydrogens (tertiary/aromatic N) is 2. The highest BCUT2D eigenvalue weighted by molar-refractivity contribution is 5.96. The van der Waals surface area contributed by atoms with Crippen molar-refractivity contribution < 1.29 is 14.7 Å². The van der Waals surface area contributed by atoms with Crippen LogP contribution < -0.4 is 15.2 Å². The van der Waals surface area contributed by atoms with E-state index in [1.165, 1.54) is 0 Å². The molecule has 21 heavy (non-hydrogen) atoms. The average Bonchev–Trinajstić information content (AvgIpc) is 2.54. The normalized spacial score (nSPS) is 11.2. The van der Waals surface area contributed by atoms with Crippen LogP contribution >= 0.6 is 0 Å². The summed E-state index contributed by atoms with van der Waals surface area (Å²) in [4.78, 5) is 4.08. The molecular weight excluding hydrogens is 270 g/mol. The van der Waals surface area contributed by atoms with Gasteiger partial charge in [-0.05, 0) is 37.3 Å². The second-order valence-electron chi connectivity index (χ2n) is 4.19. The van der Waals surface area contributed by atoms with E-state index in [1.807, 2.05) is 37.3 Å². The van der Waals surface area contributed by atoms with E-state index in [9.17, 15) is 0 Å². The van der Waals surface area contributed by atoms with E-state index in [2.05, 4.69) is 10.1 Å². The summed E-state index contributed by atoms with van der Waals surface area (Å²) < 4.78 is 11.0. The molecule has 1 aromatic carbocycles. The van der Waals surface area contributed by atoms with Crippen molar-refractivity contribution in [1.82, 2.24) is 4.98 Å². The third kappa shape index (κ3) is 3.85. The van der Waals surface area contributed by atoms with Gasteiger partial charge in [0.2, 0.25) is 0 Å². The van der Waals surface area contributed by atoms with E-state index in [-0.39, 0.29) is 12.4 Å². The van der Waals surface area contributed by atoms with E-state index >= 15 is 0 Å². The van der Waals surface area contributed by atoms with E-state index in [1.54, 1.807) is 12.3 Å². The molecule has 0 saturated heterocycles. The molecule has 0 amide bonds. The third-order valence-corrected chi connectivity index (χ3v) is 2.77. The number of ether oxygens (including phenoxy) is 2. The van der Waals surface area contributed by atoms with Crippen molar-refractivity contribution >= 4 is 5.84 Å². The smallest absolute Gasteiger partial charge is 0.189 e. The number of rotatable bonds is 6. The van der Waals surface area contributed by atoms with Gasteiger partial charge in [-0.15, -0.1) is 0 Å². The van der Waals surface area contributed by atoms with Gasteiger partial charge in [-0.25, -0.2) is 0 Å².